The molecule has 0 radical (unpaired) electrons. The van der Waals surface area contributed by atoms with E-state index in [-0.39, 0.29) is 12.5 Å². The van der Waals surface area contributed by atoms with Crippen molar-refractivity contribution < 1.29 is 15.0 Å². The molecule has 94 valence electrons. The van der Waals surface area contributed by atoms with Crippen molar-refractivity contribution in [1.82, 2.24) is 9.97 Å². The summed E-state index contributed by atoms with van der Waals surface area (Å²) in [4.78, 5) is 18.7. The van der Waals surface area contributed by atoms with E-state index in [1.165, 1.54) is 13.3 Å². The van der Waals surface area contributed by atoms with Gasteiger partial charge in [0, 0.05) is 11.8 Å². The molecule has 0 fully saturated rings. The maximum Gasteiger partial charge on any atom is 0.337 e. The van der Waals surface area contributed by atoms with Gasteiger partial charge in [0.25, 0.3) is 0 Å². The Morgan fingerprint density at radius 1 is 1.53 bits per heavy atom. The highest BCUT2D eigenvalue weighted by Gasteiger charge is 2.29. The SMILES string of the molecule is CC(C)c1cc(NCC(C)(O)C(=O)O)ncn1. The van der Waals surface area contributed by atoms with Crippen LogP contribution in [0.1, 0.15) is 32.4 Å². The van der Waals surface area contributed by atoms with E-state index in [0.717, 1.165) is 5.69 Å². The highest BCUT2D eigenvalue weighted by atomic mass is 16.4. The predicted molar refractivity (Wildman–Crippen MR) is 62.9 cm³/mol. The number of hydrogen-bond acceptors (Lipinski definition) is 5. The Hall–Kier alpha value is -1.69. The lowest BCUT2D eigenvalue weighted by atomic mass is 10.1. The molecule has 0 bridgehead atoms. The number of aromatic nitrogens is 2. The lowest BCUT2D eigenvalue weighted by molar-refractivity contribution is -0.155. The summed E-state index contributed by atoms with van der Waals surface area (Å²) in [6, 6.07) is 1.74. The molecular weight excluding hydrogens is 222 g/mol. The molecule has 1 aromatic rings. The van der Waals surface area contributed by atoms with Crippen molar-refractivity contribution in [1.29, 1.82) is 0 Å². The van der Waals surface area contributed by atoms with Gasteiger partial charge in [0.1, 0.15) is 12.1 Å². The van der Waals surface area contributed by atoms with Crippen LogP contribution in [0.5, 0.6) is 0 Å². The second-order valence-electron chi connectivity index (χ2n) is 4.42. The number of carboxylic acids is 1. The third-order valence-corrected chi connectivity index (χ3v) is 2.35. The van der Waals surface area contributed by atoms with Crippen LogP contribution in [0.3, 0.4) is 0 Å². The minimum absolute atomic E-state index is 0.114. The molecule has 1 atom stereocenters. The Bertz CT molecular complexity index is 405. The van der Waals surface area contributed by atoms with Crippen LogP contribution in [0.2, 0.25) is 0 Å². The number of carboxylic acid groups (broad SMARTS) is 1. The fraction of sp³-hybridized carbons (Fsp3) is 0.545. The Morgan fingerprint density at radius 3 is 2.71 bits per heavy atom. The van der Waals surface area contributed by atoms with E-state index in [1.54, 1.807) is 6.07 Å². The van der Waals surface area contributed by atoms with Crippen molar-refractivity contribution in [3.05, 3.63) is 18.1 Å². The molecule has 0 saturated carbocycles. The molecule has 1 heterocycles. The van der Waals surface area contributed by atoms with Gasteiger partial charge in [-0.3, -0.25) is 0 Å². The summed E-state index contributed by atoms with van der Waals surface area (Å²) in [6.07, 6.45) is 1.41. The van der Waals surface area contributed by atoms with Crippen molar-refractivity contribution in [3.8, 4) is 0 Å². The summed E-state index contributed by atoms with van der Waals surface area (Å²) in [5.41, 5.74) is -0.958. The van der Waals surface area contributed by atoms with Gasteiger partial charge in [-0.1, -0.05) is 13.8 Å². The van der Waals surface area contributed by atoms with Crippen LogP contribution in [0.25, 0.3) is 0 Å². The molecule has 1 aromatic heterocycles. The molecule has 6 nitrogen and oxygen atoms in total. The lowest BCUT2D eigenvalue weighted by Gasteiger charge is -2.18. The molecule has 0 aromatic carbocycles. The van der Waals surface area contributed by atoms with Crippen LogP contribution in [-0.2, 0) is 4.79 Å². The van der Waals surface area contributed by atoms with Crippen LogP contribution in [0.4, 0.5) is 5.82 Å². The van der Waals surface area contributed by atoms with E-state index in [1.807, 2.05) is 13.8 Å². The summed E-state index contributed by atoms with van der Waals surface area (Å²) < 4.78 is 0. The maximum absolute atomic E-state index is 10.7. The average molecular weight is 239 g/mol. The number of anilines is 1. The van der Waals surface area contributed by atoms with E-state index in [2.05, 4.69) is 15.3 Å². The molecule has 17 heavy (non-hydrogen) atoms. The number of aliphatic hydroxyl groups is 1. The number of nitrogens with zero attached hydrogens (tertiary/aromatic N) is 2. The van der Waals surface area contributed by atoms with Gasteiger partial charge in [-0.2, -0.15) is 0 Å². The Balaban J connectivity index is 2.70. The van der Waals surface area contributed by atoms with E-state index >= 15 is 0 Å². The zero-order valence-electron chi connectivity index (χ0n) is 10.1. The third-order valence-electron chi connectivity index (χ3n) is 2.35. The normalized spacial score (nSPS) is 14.4. The van der Waals surface area contributed by atoms with Gasteiger partial charge >= 0.3 is 5.97 Å². The molecule has 6 heteroatoms. The van der Waals surface area contributed by atoms with Crippen molar-refractivity contribution in [2.24, 2.45) is 0 Å². The Morgan fingerprint density at radius 2 is 2.18 bits per heavy atom. The number of nitrogens with one attached hydrogen (secondary N) is 1. The van der Waals surface area contributed by atoms with Gasteiger partial charge in [-0.15, -0.1) is 0 Å². The lowest BCUT2D eigenvalue weighted by Crippen LogP contribution is -2.41. The van der Waals surface area contributed by atoms with Gasteiger partial charge in [0.2, 0.25) is 0 Å². The van der Waals surface area contributed by atoms with Crippen LogP contribution >= 0.6 is 0 Å². The Labute approximate surface area is 99.7 Å². The number of rotatable bonds is 5. The summed E-state index contributed by atoms with van der Waals surface area (Å²) >= 11 is 0. The summed E-state index contributed by atoms with van der Waals surface area (Å²) in [5, 5.41) is 21.0. The first-order chi connectivity index (χ1) is 7.83. The quantitative estimate of drug-likeness (QED) is 0.705. The van der Waals surface area contributed by atoms with Crippen molar-refractivity contribution in [2.75, 3.05) is 11.9 Å². The molecule has 0 amide bonds. The zero-order chi connectivity index (χ0) is 13.1. The molecule has 0 aliphatic heterocycles. The first kappa shape index (κ1) is 13.4. The van der Waals surface area contributed by atoms with Crippen molar-refractivity contribution in [3.63, 3.8) is 0 Å². The maximum atomic E-state index is 10.7. The van der Waals surface area contributed by atoms with E-state index in [0.29, 0.717) is 5.82 Å². The van der Waals surface area contributed by atoms with Gasteiger partial charge in [-0.05, 0) is 12.8 Å². The number of hydrogen-bond donors (Lipinski definition) is 3. The summed E-state index contributed by atoms with van der Waals surface area (Å²) in [5.74, 6) is -0.508. The fourth-order valence-corrected chi connectivity index (χ4v) is 1.12. The highest BCUT2D eigenvalue weighted by Crippen LogP contribution is 2.14. The van der Waals surface area contributed by atoms with E-state index in [4.69, 9.17) is 5.11 Å². The second-order valence-corrected chi connectivity index (χ2v) is 4.42. The fourth-order valence-electron chi connectivity index (χ4n) is 1.12. The molecule has 3 N–H and O–H groups in total. The number of aliphatic carboxylic acids is 1. The molecule has 0 saturated heterocycles. The molecular formula is C11H17N3O3. The minimum Gasteiger partial charge on any atom is -0.479 e. The minimum atomic E-state index is -1.82. The topological polar surface area (TPSA) is 95.3 Å². The van der Waals surface area contributed by atoms with Crippen molar-refractivity contribution in [2.45, 2.75) is 32.3 Å². The largest absolute Gasteiger partial charge is 0.479 e. The predicted octanol–water partition coefficient (Wildman–Crippen LogP) is 0.847. The van der Waals surface area contributed by atoms with Crippen LogP contribution in [0.15, 0.2) is 12.4 Å². The monoisotopic (exact) mass is 239 g/mol. The van der Waals surface area contributed by atoms with Crippen LogP contribution in [-0.4, -0.2) is 38.3 Å². The number of carbonyl (C=O) groups is 1. The second kappa shape index (κ2) is 5.09. The summed E-state index contributed by atoms with van der Waals surface area (Å²) in [6.45, 7) is 5.11. The zero-order valence-corrected chi connectivity index (χ0v) is 10.1. The van der Waals surface area contributed by atoms with Gasteiger partial charge in [0.15, 0.2) is 5.60 Å². The molecule has 1 rings (SSSR count). The average Bonchev–Trinajstić information content (AvgIpc) is 2.26. The first-order valence-corrected chi connectivity index (χ1v) is 5.34. The standard InChI is InChI=1S/C11H17N3O3/c1-7(2)8-4-9(14-6-13-8)12-5-11(3,17)10(15)16/h4,6-7,17H,5H2,1-3H3,(H,15,16)(H,12,13,14). The van der Waals surface area contributed by atoms with E-state index in [9.17, 15) is 9.90 Å². The third kappa shape index (κ3) is 3.67. The highest BCUT2D eigenvalue weighted by molar-refractivity contribution is 5.77. The molecule has 0 aliphatic rings. The molecule has 1 unspecified atom stereocenters. The summed E-state index contributed by atoms with van der Waals surface area (Å²) in [7, 11) is 0. The van der Waals surface area contributed by atoms with Gasteiger partial charge in [0.05, 0.1) is 6.54 Å². The van der Waals surface area contributed by atoms with Crippen molar-refractivity contribution >= 4 is 11.8 Å². The van der Waals surface area contributed by atoms with Gasteiger partial charge in [-0.25, -0.2) is 14.8 Å². The Kier molecular flexibility index (Phi) is 4.01. The smallest absolute Gasteiger partial charge is 0.337 e. The molecule has 0 spiro atoms. The van der Waals surface area contributed by atoms with Crippen LogP contribution in [0, 0.1) is 0 Å². The van der Waals surface area contributed by atoms with E-state index < -0.39 is 11.6 Å². The first-order valence-electron chi connectivity index (χ1n) is 5.34. The molecule has 0 aliphatic carbocycles. The van der Waals surface area contributed by atoms with Crippen LogP contribution < -0.4 is 5.32 Å². The van der Waals surface area contributed by atoms with Gasteiger partial charge < -0.3 is 15.5 Å².